The number of hydrogen-bond acceptors (Lipinski definition) is 2. The average molecular weight is 167 g/mol. The van der Waals surface area contributed by atoms with Crippen LogP contribution in [0.15, 0.2) is 11.6 Å². The fourth-order valence-corrected chi connectivity index (χ4v) is 1.50. The van der Waals surface area contributed by atoms with Gasteiger partial charge in [0.2, 0.25) is 0 Å². The van der Waals surface area contributed by atoms with Gasteiger partial charge in [0.1, 0.15) is 0 Å². The highest BCUT2D eigenvalue weighted by Gasteiger charge is 2.18. The van der Waals surface area contributed by atoms with Gasteiger partial charge >= 0.3 is 0 Å². The largest absolute Gasteiger partial charge is 0.316 e. The first-order chi connectivity index (χ1) is 5.70. The summed E-state index contributed by atoms with van der Waals surface area (Å²) < 4.78 is 0. The lowest BCUT2D eigenvalue weighted by atomic mass is 9.94. The number of piperidine rings is 1. The van der Waals surface area contributed by atoms with Gasteiger partial charge < -0.3 is 5.32 Å². The van der Waals surface area contributed by atoms with Gasteiger partial charge in [-0.25, -0.2) is 0 Å². The van der Waals surface area contributed by atoms with Crippen LogP contribution < -0.4 is 5.32 Å². The van der Waals surface area contributed by atoms with E-state index in [9.17, 15) is 4.79 Å². The predicted molar refractivity (Wildman–Crippen MR) is 50.0 cm³/mol. The highest BCUT2D eigenvalue weighted by atomic mass is 16.1. The first-order valence-corrected chi connectivity index (χ1v) is 4.59. The summed E-state index contributed by atoms with van der Waals surface area (Å²) >= 11 is 0. The smallest absolute Gasteiger partial charge is 0.159 e. The van der Waals surface area contributed by atoms with Crippen LogP contribution in [-0.4, -0.2) is 18.9 Å². The Kier molecular flexibility index (Phi) is 3.48. The van der Waals surface area contributed by atoms with Crippen molar-refractivity contribution in [1.82, 2.24) is 5.32 Å². The minimum Gasteiger partial charge on any atom is -0.316 e. The van der Waals surface area contributed by atoms with Gasteiger partial charge in [0.05, 0.1) is 0 Å². The lowest BCUT2D eigenvalue weighted by molar-refractivity contribution is -0.118. The summed E-state index contributed by atoms with van der Waals surface area (Å²) in [6, 6.07) is 0. The molecule has 0 radical (unpaired) electrons. The predicted octanol–water partition coefficient (Wildman–Crippen LogP) is 1.52. The quantitative estimate of drug-likeness (QED) is 0.632. The van der Waals surface area contributed by atoms with Gasteiger partial charge in [0.25, 0.3) is 0 Å². The monoisotopic (exact) mass is 167 g/mol. The third-order valence-corrected chi connectivity index (χ3v) is 2.13. The molecule has 0 aliphatic carbocycles. The van der Waals surface area contributed by atoms with Crippen molar-refractivity contribution >= 4 is 5.78 Å². The molecule has 2 heteroatoms. The topological polar surface area (TPSA) is 29.1 Å². The van der Waals surface area contributed by atoms with Crippen molar-refractivity contribution in [3.05, 3.63) is 11.6 Å². The summed E-state index contributed by atoms with van der Waals surface area (Å²) in [5, 5.41) is 3.24. The van der Waals surface area contributed by atoms with Crippen LogP contribution in [0.1, 0.15) is 26.7 Å². The Balaban J connectivity index is 2.45. The Hall–Kier alpha value is -0.630. The fourth-order valence-electron chi connectivity index (χ4n) is 1.50. The minimum atomic E-state index is 0.230. The molecule has 1 unspecified atom stereocenters. The fraction of sp³-hybridized carbons (Fsp3) is 0.700. The molecule has 1 fully saturated rings. The third-order valence-electron chi connectivity index (χ3n) is 2.13. The highest BCUT2D eigenvalue weighted by Crippen LogP contribution is 2.12. The number of hydrogen-bond donors (Lipinski definition) is 1. The molecule has 12 heavy (non-hydrogen) atoms. The number of allylic oxidation sites excluding steroid dienone is 2. The first-order valence-electron chi connectivity index (χ1n) is 4.59. The maximum Gasteiger partial charge on any atom is 0.159 e. The van der Waals surface area contributed by atoms with E-state index in [-0.39, 0.29) is 5.92 Å². The van der Waals surface area contributed by atoms with Crippen LogP contribution in [0.5, 0.6) is 0 Å². The molecule has 0 saturated carbocycles. The maximum absolute atomic E-state index is 11.5. The molecule has 1 heterocycles. The molecule has 0 bridgehead atoms. The number of rotatable bonds is 2. The van der Waals surface area contributed by atoms with Gasteiger partial charge in [-0.1, -0.05) is 5.57 Å². The zero-order valence-corrected chi connectivity index (χ0v) is 7.89. The van der Waals surface area contributed by atoms with Gasteiger partial charge in [-0.15, -0.1) is 0 Å². The van der Waals surface area contributed by atoms with Crippen LogP contribution in [-0.2, 0) is 4.79 Å². The second kappa shape index (κ2) is 4.41. The molecule has 68 valence electrons. The van der Waals surface area contributed by atoms with E-state index in [1.807, 2.05) is 13.8 Å². The van der Waals surface area contributed by atoms with Gasteiger partial charge in [-0.3, -0.25) is 4.79 Å². The van der Waals surface area contributed by atoms with Crippen molar-refractivity contribution < 1.29 is 4.79 Å². The molecule has 1 N–H and O–H groups in total. The maximum atomic E-state index is 11.5. The summed E-state index contributed by atoms with van der Waals surface area (Å²) in [7, 11) is 0. The summed E-state index contributed by atoms with van der Waals surface area (Å²) in [5.41, 5.74) is 1.10. The standard InChI is InChI=1S/C10H17NO/c1-8(2)6-10(12)9-4-3-5-11-7-9/h6,9,11H,3-5,7H2,1-2H3. The van der Waals surface area contributed by atoms with Crippen LogP contribution in [0.3, 0.4) is 0 Å². The molecule has 1 aliphatic rings. The average Bonchev–Trinajstić information content (AvgIpc) is 2.05. The Morgan fingerprint density at radius 2 is 2.25 bits per heavy atom. The van der Waals surface area contributed by atoms with E-state index in [0.717, 1.165) is 31.5 Å². The van der Waals surface area contributed by atoms with Crippen molar-refractivity contribution in [3.63, 3.8) is 0 Å². The van der Waals surface area contributed by atoms with Gasteiger partial charge in [-0.05, 0) is 39.3 Å². The van der Waals surface area contributed by atoms with E-state index >= 15 is 0 Å². The number of carbonyl (C=O) groups excluding carboxylic acids is 1. The normalized spacial score (nSPS) is 23.3. The molecule has 0 aromatic rings. The summed E-state index contributed by atoms with van der Waals surface area (Å²) in [6.45, 7) is 5.86. The van der Waals surface area contributed by atoms with Crippen LogP contribution >= 0.6 is 0 Å². The minimum absolute atomic E-state index is 0.230. The SMILES string of the molecule is CC(C)=CC(=O)C1CCCNC1. The van der Waals surface area contributed by atoms with E-state index in [1.54, 1.807) is 6.08 Å². The van der Waals surface area contributed by atoms with Crippen LogP contribution in [0, 0.1) is 5.92 Å². The van der Waals surface area contributed by atoms with Crippen molar-refractivity contribution in [2.75, 3.05) is 13.1 Å². The number of carbonyl (C=O) groups is 1. The Bertz CT molecular complexity index is 186. The molecule has 2 nitrogen and oxygen atoms in total. The Morgan fingerprint density at radius 3 is 2.75 bits per heavy atom. The van der Waals surface area contributed by atoms with Crippen molar-refractivity contribution in [2.45, 2.75) is 26.7 Å². The van der Waals surface area contributed by atoms with Gasteiger partial charge in [0, 0.05) is 12.5 Å². The summed E-state index contributed by atoms with van der Waals surface area (Å²) in [6.07, 6.45) is 3.94. The summed E-state index contributed by atoms with van der Waals surface area (Å²) in [5.74, 6) is 0.524. The zero-order chi connectivity index (χ0) is 8.97. The molecule has 1 atom stereocenters. The zero-order valence-electron chi connectivity index (χ0n) is 7.89. The van der Waals surface area contributed by atoms with Crippen LogP contribution in [0.2, 0.25) is 0 Å². The molecule has 0 aromatic carbocycles. The van der Waals surface area contributed by atoms with E-state index in [4.69, 9.17) is 0 Å². The molecule has 1 saturated heterocycles. The Morgan fingerprint density at radius 1 is 1.50 bits per heavy atom. The number of nitrogens with one attached hydrogen (secondary N) is 1. The number of ketones is 1. The highest BCUT2D eigenvalue weighted by molar-refractivity contribution is 5.92. The van der Waals surface area contributed by atoms with Crippen molar-refractivity contribution in [3.8, 4) is 0 Å². The van der Waals surface area contributed by atoms with Gasteiger partial charge in [-0.2, -0.15) is 0 Å². The third kappa shape index (κ3) is 2.78. The molecule has 1 rings (SSSR count). The van der Waals surface area contributed by atoms with Gasteiger partial charge in [0.15, 0.2) is 5.78 Å². The molecule has 0 amide bonds. The molecule has 0 aromatic heterocycles. The molecule has 0 spiro atoms. The molecular weight excluding hydrogens is 150 g/mol. The van der Waals surface area contributed by atoms with Crippen LogP contribution in [0.4, 0.5) is 0 Å². The Labute approximate surface area is 74.0 Å². The van der Waals surface area contributed by atoms with Crippen molar-refractivity contribution in [2.24, 2.45) is 5.92 Å². The van der Waals surface area contributed by atoms with Crippen molar-refractivity contribution in [1.29, 1.82) is 0 Å². The molecule has 1 aliphatic heterocycles. The summed E-state index contributed by atoms with van der Waals surface area (Å²) in [4.78, 5) is 11.5. The van der Waals surface area contributed by atoms with E-state index in [0.29, 0.717) is 5.78 Å². The van der Waals surface area contributed by atoms with E-state index in [1.165, 1.54) is 0 Å². The van der Waals surface area contributed by atoms with E-state index in [2.05, 4.69) is 5.32 Å². The van der Waals surface area contributed by atoms with Crippen LogP contribution in [0.25, 0.3) is 0 Å². The molecular formula is C10H17NO. The van der Waals surface area contributed by atoms with E-state index < -0.39 is 0 Å². The lowest BCUT2D eigenvalue weighted by Gasteiger charge is -2.20. The second-order valence-electron chi connectivity index (χ2n) is 3.67. The first kappa shape index (κ1) is 9.46. The second-order valence-corrected chi connectivity index (χ2v) is 3.67. The lowest BCUT2D eigenvalue weighted by Crippen LogP contribution is -2.33.